The van der Waals surface area contributed by atoms with E-state index in [4.69, 9.17) is 4.42 Å². The molecule has 2 amide bonds. The maximum atomic E-state index is 12.6. The first-order valence-electron chi connectivity index (χ1n) is 9.22. The number of hydrogen-bond donors (Lipinski definition) is 0. The van der Waals surface area contributed by atoms with E-state index in [-0.39, 0.29) is 23.1 Å². The van der Waals surface area contributed by atoms with Gasteiger partial charge in [0.05, 0.1) is 12.5 Å². The predicted molar refractivity (Wildman–Crippen MR) is 94.7 cm³/mol. The van der Waals surface area contributed by atoms with Gasteiger partial charge in [0.1, 0.15) is 0 Å². The highest BCUT2D eigenvalue weighted by molar-refractivity contribution is 5.81. The van der Waals surface area contributed by atoms with Crippen molar-refractivity contribution in [1.29, 1.82) is 0 Å². The van der Waals surface area contributed by atoms with E-state index < -0.39 is 0 Å². The Morgan fingerprint density at radius 2 is 2.08 bits per heavy atom. The summed E-state index contributed by atoms with van der Waals surface area (Å²) in [5.74, 6) is 0.383. The quantitative estimate of drug-likeness (QED) is 0.834. The van der Waals surface area contributed by atoms with Gasteiger partial charge in [-0.05, 0) is 13.0 Å². The fourth-order valence-corrected chi connectivity index (χ4v) is 4.16. The van der Waals surface area contributed by atoms with E-state index in [1.807, 2.05) is 36.6 Å². The molecule has 0 bridgehead atoms. The van der Waals surface area contributed by atoms with Gasteiger partial charge in [-0.1, -0.05) is 13.8 Å². The van der Waals surface area contributed by atoms with Crippen LogP contribution in [0.15, 0.2) is 23.0 Å². The number of carbonyl (C=O) groups is 2. The highest BCUT2D eigenvalue weighted by Crippen LogP contribution is 2.35. The molecule has 2 saturated heterocycles. The first-order chi connectivity index (χ1) is 11.9. The Bertz CT molecular complexity index is 613. The molecule has 1 aromatic rings. The fourth-order valence-electron chi connectivity index (χ4n) is 4.16. The van der Waals surface area contributed by atoms with Crippen molar-refractivity contribution in [3.05, 3.63) is 24.2 Å². The molecule has 2 aliphatic rings. The van der Waals surface area contributed by atoms with Crippen LogP contribution in [0.3, 0.4) is 0 Å². The van der Waals surface area contributed by atoms with Crippen molar-refractivity contribution in [2.24, 2.45) is 11.3 Å². The SMILES string of the molecule is CCN1C[C@]2(CC1=O)CN(Cc1ccoc1)CCN(C(=O)C(C)C)C2. The van der Waals surface area contributed by atoms with E-state index in [1.54, 1.807) is 12.5 Å². The zero-order valence-electron chi connectivity index (χ0n) is 15.5. The Balaban J connectivity index is 1.82. The van der Waals surface area contributed by atoms with Crippen molar-refractivity contribution in [3.63, 3.8) is 0 Å². The molecule has 0 aliphatic carbocycles. The van der Waals surface area contributed by atoms with E-state index in [9.17, 15) is 9.59 Å². The smallest absolute Gasteiger partial charge is 0.225 e. The third-order valence-corrected chi connectivity index (χ3v) is 5.35. The normalized spacial score (nSPS) is 25.2. The summed E-state index contributed by atoms with van der Waals surface area (Å²) >= 11 is 0. The summed E-state index contributed by atoms with van der Waals surface area (Å²) in [6.07, 6.45) is 3.99. The van der Waals surface area contributed by atoms with Crippen molar-refractivity contribution in [1.82, 2.24) is 14.7 Å². The predicted octanol–water partition coefficient (Wildman–Crippen LogP) is 1.82. The van der Waals surface area contributed by atoms with Crippen molar-refractivity contribution in [2.75, 3.05) is 39.3 Å². The molecule has 3 rings (SSSR count). The van der Waals surface area contributed by atoms with Crippen molar-refractivity contribution >= 4 is 11.8 Å². The van der Waals surface area contributed by atoms with Gasteiger partial charge in [-0.3, -0.25) is 14.5 Å². The van der Waals surface area contributed by atoms with Crippen molar-refractivity contribution < 1.29 is 14.0 Å². The van der Waals surface area contributed by atoms with Crippen LogP contribution in [0.2, 0.25) is 0 Å². The van der Waals surface area contributed by atoms with E-state index in [0.717, 1.165) is 44.8 Å². The minimum atomic E-state index is -0.169. The molecule has 0 radical (unpaired) electrons. The molecular weight excluding hydrogens is 318 g/mol. The Morgan fingerprint density at radius 1 is 1.28 bits per heavy atom. The number of amides is 2. The van der Waals surface area contributed by atoms with Gasteiger partial charge in [-0.2, -0.15) is 0 Å². The maximum Gasteiger partial charge on any atom is 0.225 e. The minimum Gasteiger partial charge on any atom is -0.472 e. The van der Waals surface area contributed by atoms with Crippen LogP contribution in [0.4, 0.5) is 0 Å². The van der Waals surface area contributed by atoms with Gasteiger partial charge in [0.2, 0.25) is 11.8 Å². The number of carbonyl (C=O) groups excluding carboxylic acids is 2. The first kappa shape index (κ1) is 18.0. The Kier molecular flexibility index (Phi) is 5.18. The molecule has 1 atom stereocenters. The van der Waals surface area contributed by atoms with Gasteiger partial charge in [-0.15, -0.1) is 0 Å². The number of nitrogens with zero attached hydrogens (tertiary/aromatic N) is 3. The van der Waals surface area contributed by atoms with Crippen LogP contribution in [-0.4, -0.2) is 65.8 Å². The van der Waals surface area contributed by atoms with Gasteiger partial charge in [-0.25, -0.2) is 0 Å². The zero-order chi connectivity index (χ0) is 18.0. The van der Waals surface area contributed by atoms with Crippen LogP contribution in [-0.2, 0) is 16.1 Å². The minimum absolute atomic E-state index is 0.0168. The Labute approximate surface area is 149 Å². The summed E-state index contributed by atoms with van der Waals surface area (Å²) in [6.45, 7) is 11.2. The molecule has 2 aliphatic heterocycles. The number of hydrogen-bond acceptors (Lipinski definition) is 4. The van der Waals surface area contributed by atoms with Gasteiger partial charge in [0.25, 0.3) is 0 Å². The lowest BCUT2D eigenvalue weighted by Crippen LogP contribution is -2.45. The largest absolute Gasteiger partial charge is 0.472 e. The Hall–Kier alpha value is -1.82. The van der Waals surface area contributed by atoms with Crippen molar-refractivity contribution in [3.8, 4) is 0 Å². The summed E-state index contributed by atoms with van der Waals surface area (Å²) in [6, 6.07) is 1.98. The molecule has 6 nitrogen and oxygen atoms in total. The monoisotopic (exact) mass is 347 g/mol. The molecule has 2 fully saturated rings. The highest BCUT2D eigenvalue weighted by Gasteiger charge is 2.46. The van der Waals surface area contributed by atoms with E-state index >= 15 is 0 Å². The topological polar surface area (TPSA) is 57.0 Å². The van der Waals surface area contributed by atoms with Crippen LogP contribution in [0, 0.1) is 11.3 Å². The van der Waals surface area contributed by atoms with E-state index in [0.29, 0.717) is 13.0 Å². The lowest BCUT2D eigenvalue weighted by atomic mass is 9.85. The van der Waals surface area contributed by atoms with Gasteiger partial charge in [0.15, 0.2) is 0 Å². The molecule has 3 heterocycles. The second kappa shape index (κ2) is 7.20. The second-order valence-corrected chi connectivity index (χ2v) is 7.84. The number of rotatable bonds is 4. The molecule has 1 spiro atoms. The van der Waals surface area contributed by atoms with E-state index in [1.165, 1.54) is 0 Å². The van der Waals surface area contributed by atoms with Crippen LogP contribution in [0.5, 0.6) is 0 Å². The number of furan rings is 1. The molecule has 0 unspecified atom stereocenters. The van der Waals surface area contributed by atoms with Gasteiger partial charge in [0, 0.05) is 69.1 Å². The molecule has 138 valence electrons. The Morgan fingerprint density at radius 3 is 2.68 bits per heavy atom. The summed E-state index contributed by atoms with van der Waals surface area (Å²) in [7, 11) is 0. The standard InChI is InChI=1S/C19H29N3O3/c1-4-21-13-19(9-17(21)23)12-20(10-16-5-8-25-11-16)6-7-22(14-19)18(24)15(2)3/h5,8,11,15H,4,6-7,9-10,12-14H2,1-3H3/t19-/m0/s1. The third-order valence-electron chi connectivity index (χ3n) is 5.35. The number of likely N-dealkylation sites (tertiary alicyclic amines) is 1. The molecule has 0 saturated carbocycles. The van der Waals surface area contributed by atoms with Crippen LogP contribution in [0.25, 0.3) is 0 Å². The fraction of sp³-hybridized carbons (Fsp3) is 0.684. The third kappa shape index (κ3) is 3.89. The lowest BCUT2D eigenvalue weighted by molar-refractivity contribution is -0.135. The lowest BCUT2D eigenvalue weighted by Gasteiger charge is -2.34. The average Bonchev–Trinajstić information content (AvgIpc) is 3.13. The molecule has 0 aromatic carbocycles. The zero-order valence-corrected chi connectivity index (χ0v) is 15.5. The van der Waals surface area contributed by atoms with Crippen molar-refractivity contribution in [2.45, 2.75) is 33.7 Å². The first-order valence-corrected chi connectivity index (χ1v) is 9.22. The second-order valence-electron chi connectivity index (χ2n) is 7.84. The molecule has 1 aromatic heterocycles. The molecular formula is C19H29N3O3. The molecule has 0 N–H and O–H groups in total. The maximum absolute atomic E-state index is 12.6. The van der Waals surface area contributed by atoms with Crippen LogP contribution < -0.4 is 0 Å². The highest BCUT2D eigenvalue weighted by atomic mass is 16.3. The molecule has 25 heavy (non-hydrogen) atoms. The van der Waals surface area contributed by atoms with E-state index in [2.05, 4.69) is 4.90 Å². The van der Waals surface area contributed by atoms with Gasteiger partial charge >= 0.3 is 0 Å². The summed E-state index contributed by atoms with van der Waals surface area (Å²) < 4.78 is 5.19. The summed E-state index contributed by atoms with van der Waals surface area (Å²) in [5, 5.41) is 0. The molecule has 6 heteroatoms. The summed E-state index contributed by atoms with van der Waals surface area (Å²) in [4.78, 5) is 31.3. The summed E-state index contributed by atoms with van der Waals surface area (Å²) in [5.41, 5.74) is 0.966. The van der Waals surface area contributed by atoms with Crippen LogP contribution in [0.1, 0.15) is 32.8 Å². The van der Waals surface area contributed by atoms with Gasteiger partial charge < -0.3 is 14.2 Å². The average molecular weight is 347 g/mol. The van der Waals surface area contributed by atoms with Crippen LogP contribution >= 0.6 is 0 Å².